The summed E-state index contributed by atoms with van der Waals surface area (Å²) in [5.41, 5.74) is 2.75. The van der Waals surface area contributed by atoms with Gasteiger partial charge in [0.2, 0.25) is 0 Å². The summed E-state index contributed by atoms with van der Waals surface area (Å²) in [6, 6.07) is 15.8. The fourth-order valence-corrected chi connectivity index (χ4v) is 3.46. The van der Waals surface area contributed by atoms with E-state index in [-0.39, 0.29) is 12.1 Å². The second-order valence-electron chi connectivity index (χ2n) is 7.09. The van der Waals surface area contributed by atoms with E-state index in [1.165, 1.54) is 0 Å². The molecule has 6 heteroatoms. The predicted molar refractivity (Wildman–Crippen MR) is 112 cm³/mol. The molecule has 28 heavy (non-hydrogen) atoms. The molecule has 1 heterocycles. The Labute approximate surface area is 167 Å². The van der Waals surface area contributed by atoms with Crippen LogP contribution >= 0.6 is 0 Å². The van der Waals surface area contributed by atoms with Gasteiger partial charge in [-0.05, 0) is 30.7 Å². The first-order valence-electron chi connectivity index (χ1n) is 9.66. The molecule has 150 valence electrons. The van der Waals surface area contributed by atoms with Gasteiger partial charge in [-0.15, -0.1) is 0 Å². The van der Waals surface area contributed by atoms with Crippen molar-refractivity contribution in [2.45, 2.75) is 13.0 Å². The Morgan fingerprint density at radius 3 is 2.71 bits per heavy atom. The minimum absolute atomic E-state index is 0.115. The second-order valence-corrected chi connectivity index (χ2v) is 7.09. The maximum absolute atomic E-state index is 12.8. The van der Waals surface area contributed by atoms with Crippen molar-refractivity contribution in [3.63, 3.8) is 0 Å². The number of para-hydroxylation sites is 1. The van der Waals surface area contributed by atoms with Crippen LogP contribution in [0.5, 0.6) is 5.75 Å². The van der Waals surface area contributed by atoms with Crippen molar-refractivity contribution in [3.05, 3.63) is 48.5 Å². The Morgan fingerprint density at radius 2 is 1.96 bits per heavy atom. The van der Waals surface area contributed by atoms with Crippen LogP contribution in [0.15, 0.2) is 48.5 Å². The second kappa shape index (κ2) is 9.57. The lowest BCUT2D eigenvalue weighted by Crippen LogP contribution is -2.48. The molecule has 0 bridgehead atoms. The largest absolute Gasteiger partial charge is 0.497 e. The van der Waals surface area contributed by atoms with E-state index in [1.807, 2.05) is 55.6 Å². The third-order valence-corrected chi connectivity index (χ3v) is 5.10. The topological polar surface area (TPSA) is 54.0 Å². The van der Waals surface area contributed by atoms with E-state index in [1.54, 1.807) is 12.0 Å². The number of nitrogens with zero attached hydrogens (tertiary/aromatic N) is 2. The van der Waals surface area contributed by atoms with Crippen molar-refractivity contribution in [2.24, 2.45) is 0 Å². The standard InChI is InChI=1S/C22H29N3O3/c1-17(25-11-13-28-14-12-25)16-24(2)22(26)23-21-10-5-4-9-20(21)18-7-6-8-19(15-18)27-3/h4-10,15,17H,11-14,16H2,1-3H3,(H,23,26)/t17-/m1/s1. The third kappa shape index (κ3) is 5.03. The zero-order valence-corrected chi connectivity index (χ0v) is 16.9. The number of amides is 2. The maximum atomic E-state index is 12.8. The van der Waals surface area contributed by atoms with Gasteiger partial charge in [-0.1, -0.05) is 30.3 Å². The number of likely N-dealkylation sites (N-methyl/N-ethyl adjacent to an activating group) is 1. The smallest absolute Gasteiger partial charge is 0.321 e. The number of benzene rings is 2. The monoisotopic (exact) mass is 383 g/mol. The molecule has 0 aliphatic carbocycles. The van der Waals surface area contributed by atoms with Crippen LogP contribution in [0.1, 0.15) is 6.92 Å². The highest BCUT2D eigenvalue weighted by molar-refractivity contribution is 5.94. The van der Waals surface area contributed by atoms with Crippen LogP contribution in [0.3, 0.4) is 0 Å². The highest BCUT2D eigenvalue weighted by atomic mass is 16.5. The number of ether oxygens (including phenoxy) is 2. The molecule has 0 saturated carbocycles. The zero-order chi connectivity index (χ0) is 19.9. The molecule has 0 aromatic heterocycles. The van der Waals surface area contributed by atoms with Crippen LogP contribution < -0.4 is 10.1 Å². The average molecular weight is 383 g/mol. The predicted octanol–water partition coefficient (Wildman–Crippen LogP) is 3.55. The molecule has 1 saturated heterocycles. The average Bonchev–Trinajstić information content (AvgIpc) is 2.74. The lowest BCUT2D eigenvalue weighted by atomic mass is 10.0. The van der Waals surface area contributed by atoms with E-state index in [4.69, 9.17) is 9.47 Å². The van der Waals surface area contributed by atoms with Crippen LogP contribution in [-0.2, 0) is 4.74 Å². The van der Waals surface area contributed by atoms with Crippen LogP contribution in [0.2, 0.25) is 0 Å². The Hall–Kier alpha value is -2.57. The van der Waals surface area contributed by atoms with Gasteiger partial charge >= 0.3 is 6.03 Å². The Kier molecular flexibility index (Phi) is 6.90. The number of rotatable bonds is 6. The van der Waals surface area contributed by atoms with Gasteiger partial charge in [0.25, 0.3) is 0 Å². The van der Waals surface area contributed by atoms with Crippen LogP contribution in [0.4, 0.5) is 10.5 Å². The van der Waals surface area contributed by atoms with Crippen LogP contribution in [0.25, 0.3) is 11.1 Å². The number of hydrogen-bond donors (Lipinski definition) is 1. The number of methoxy groups -OCH3 is 1. The molecule has 3 rings (SSSR count). The lowest BCUT2D eigenvalue weighted by Gasteiger charge is -2.34. The first-order valence-corrected chi connectivity index (χ1v) is 9.66. The first-order chi connectivity index (χ1) is 13.6. The van der Waals surface area contributed by atoms with Crippen molar-refractivity contribution in [1.29, 1.82) is 0 Å². The number of morpholine rings is 1. The lowest BCUT2D eigenvalue weighted by molar-refractivity contribution is 0.0164. The molecule has 1 aliphatic rings. The molecule has 1 N–H and O–H groups in total. The molecule has 6 nitrogen and oxygen atoms in total. The van der Waals surface area contributed by atoms with Crippen molar-refractivity contribution < 1.29 is 14.3 Å². The molecule has 0 unspecified atom stereocenters. The SMILES string of the molecule is COc1cccc(-c2ccccc2NC(=O)N(C)C[C@@H](C)N2CCOCC2)c1. The fraction of sp³-hybridized carbons (Fsp3) is 0.409. The summed E-state index contributed by atoms with van der Waals surface area (Å²) in [5.74, 6) is 0.787. The highest BCUT2D eigenvalue weighted by Gasteiger charge is 2.20. The van der Waals surface area contributed by atoms with Gasteiger partial charge in [-0.2, -0.15) is 0 Å². The number of anilines is 1. The highest BCUT2D eigenvalue weighted by Crippen LogP contribution is 2.30. The molecule has 2 aromatic carbocycles. The summed E-state index contributed by atoms with van der Waals surface area (Å²) in [4.78, 5) is 16.9. The minimum Gasteiger partial charge on any atom is -0.497 e. The Bertz CT molecular complexity index is 790. The third-order valence-electron chi connectivity index (χ3n) is 5.10. The molecule has 0 spiro atoms. The molecular formula is C22H29N3O3. The van der Waals surface area contributed by atoms with Crippen LogP contribution in [-0.4, -0.2) is 68.9 Å². The number of hydrogen-bond acceptors (Lipinski definition) is 4. The summed E-state index contributed by atoms with van der Waals surface area (Å²) in [6.45, 7) is 6.15. The summed E-state index contributed by atoms with van der Waals surface area (Å²) < 4.78 is 10.7. The molecule has 0 radical (unpaired) electrons. The quantitative estimate of drug-likeness (QED) is 0.829. The van der Waals surface area contributed by atoms with Gasteiger partial charge in [-0.3, -0.25) is 4.90 Å². The van der Waals surface area contributed by atoms with E-state index < -0.39 is 0 Å². The summed E-state index contributed by atoms with van der Waals surface area (Å²) in [6.07, 6.45) is 0. The van der Waals surface area contributed by atoms with E-state index >= 15 is 0 Å². The van der Waals surface area contributed by atoms with E-state index in [0.29, 0.717) is 6.54 Å². The van der Waals surface area contributed by atoms with Gasteiger partial charge in [0, 0.05) is 38.3 Å². The van der Waals surface area contributed by atoms with Gasteiger partial charge < -0.3 is 19.7 Å². The van der Waals surface area contributed by atoms with Gasteiger partial charge in [0.1, 0.15) is 5.75 Å². The van der Waals surface area contributed by atoms with Gasteiger partial charge in [-0.25, -0.2) is 4.79 Å². The first kappa shape index (κ1) is 20.2. The van der Waals surface area contributed by atoms with E-state index in [2.05, 4.69) is 17.1 Å². The van der Waals surface area contributed by atoms with Crippen molar-refractivity contribution >= 4 is 11.7 Å². The van der Waals surface area contributed by atoms with E-state index in [9.17, 15) is 4.79 Å². The molecule has 1 aliphatic heterocycles. The van der Waals surface area contributed by atoms with Crippen molar-refractivity contribution in [3.8, 4) is 16.9 Å². The Balaban J connectivity index is 1.68. The normalized spacial score (nSPS) is 15.7. The van der Waals surface area contributed by atoms with E-state index in [0.717, 1.165) is 48.9 Å². The summed E-state index contributed by atoms with van der Waals surface area (Å²) in [7, 11) is 3.48. The fourth-order valence-electron chi connectivity index (χ4n) is 3.46. The van der Waals surface area contributed by atoms with Crippen molar-refractivity contribution in [2.75, 3.05) is 52.3 Å². The molecule has 2 amide bonds. The van der Waals surface area contributed by atoms with Gasteiger partial charge in [0.15, 0.2) is 0 Å². The summed E-state index contributed by atoms with van der Waals surface area (Å²) >= 11 is 0. The molecular weight excluding hydrogens is 354 g/mol. The zero-order valence-electron chi connectivity index (χ0n) is 16.9. The molecule has 1 atom stereocenters. The van der Waals surface area contributed by atoms with Crippen LogP contribution in [0, 0.1) is 0 Å². The number of nitrogens with one attached hydrogen (secondary N) is 1. The minimum atomic E-state index is -0.115. The maximum Gasteiger partial charge on any atom is 0.321 e. The Morgan fingerprint density at radius 1 is 1.21 bits per heavy atom. The van der Waals surface area contributed by atoms with Gasteiger partial charge in [0.05, 0.1) is 26.0 Å². The summed E-state index contributed by atoms with van der Waals surface area (Å²) in [5, 5.41) is 3.06. The molecule has 1 fully saturated rings. The van der Waals surface area contributed by atoms with Crippen molar-refractivity contribution in [1.82, 2.24) is 9.80 Å². The number of carbonyl (C=O) groups is 1. The number of carbonyl (C=O) groups excluding carboxylic acids is 1. The molecule has 2 aromatic rings. The number of urea groups is 1.